The first kappa shape index (κ1) is 17.8. The molecule has 0 atom stereocenters. The fraction of sp³-hybridized carbons (Fsp3) is 0.0476. The van der Waals surface area contributed by atoms with Gasteiger partial charge in [-0.25, -0.2) is 4.98 Å². The molecule has 7 heteroatoms. The summed E-state index contributed by atoms with van der Waals surface area (Å²) in [6.07, 6.45) is 3.23. The summed E-state index contributed by atoms with van der Waals surface area (Å²) in [7, 11) is 0. The van der Waals surface area contributed by atoms with Crippen molar-refractivity contribution in [2.24, 2.45) is 0 Å². The number of hydrogen-bond acceptors (Lipinski definition) is 6. The summed E-state index contributed by atoms with van der Waals surface area (Å²) in [5.41, 5.74) is 2.54. The monoisotopic (exact) mass is 388 g/mol. The van der Waals surface area contributed by atoms with Crippen molar-refractivity contribution in [3.05, 3.63) is 78.0 Å². The van der Waals surface area contributed by atoms with Gasteiger partial charge in [0.2, 0.25) is 11.7 Å². The van der Waals surface area contributed by atoms with Crippen LogP contribution >= 0.6 is 11.3 Å². The molecule has 0 saturated heterocycles. The van der Waals surface area contributed by atoms with Crippen LogP contribution in [0.25, 0.3) is 28.2 Å². The third-order valence-corrected chi connectivity index (χ3v) is 4.97. The van der Waals surface area contributed by atoms with Gasteiger partial charge >= 0.3 is 0 Å². The lowest BCUT2D eigenvalue weighted by atomic mass is 10.2. The van der Waals surface area contributed by atoms with Crippen LogP contribution in [-0.2, 0) is 4.79 Å². The third kappa shape index (κ3) is 4.05. The number of aryl methyl sites for hydroxylation is 1. The van der Waals surface area contributed by atoms with Crippen molar-refractivity contribution in [2.45, 2.75) is 6.92 Å². The minimum absolute atomic E-state index is 0.250. The first-order valence-corrected chi connectivity index (χ1v) is 9.42. The van der Waals surface area contributed by atoms with Crippen LogP contribution in [0.5, 0.6) is 0 Å². The molecular weight excluding hydrogens is 372 g/mol. The van der Waals surface area contributed by atoms with Gasteiger partial charge in [-0.15, -0.1) is 0 Å². The van der Waals surface area contributed by atoms with Gasteiger partial charge in [-0.1, -0.05) is 77.2 Å². The molecule has 0 bridgehead atoms. The molecular formula is C21H16N4O2S. The van der Waals surface area contributed by atoms with Crippen LogP contribution in [0.4, 0.5) is 5.13 Å². The number of aromatic nitrogens is 3. The summed E-state index contributed by atoms with van der Waals surface area (Å²) in [6.45, 7) is 1.84. The number of anilines is 1. The fourth-order valence-corrected chi connectivity index (χ4v) is 3.44. The SMILES string of the molecule is Cc1nc(NC(=O)C=Cc2ccccc2)sc1-c1nc(-c2ccccc2)no1. The van der Waals surface area contributed by atoms with Crippen molar-refractivity contribution in [3.8, 4) is 22.2 Å². The summed E-state index contributed by atoms with van der Waals surface area (Å²) < 4.78 is 5.39. The second kappa shape index (κ2) is 7.98. The molecule has 4 aromatic rings. The summed E-state index contributed by atoms with van der Waals surface area (Å²) in [5.74, 6) is 0.647. The van der Waals surface area contributed by atoms with E-state index in [2.05, 4.69) is 20.4 Å². The fourth-order valence-electron chi connectivity index (χ4n) is 2.55. The number of nitrogens with zero attached hydrogens (tertiary/aromatic N) is 3. The molecule has 138 valence electrons. The van der Waals surface area contributed by atoms with Gasteiger partial charge < -0.3 is 4.52 Å². The highest BCUT2D eigenvalue weighted by Gasteiger charge is 2.17. The van der Waals surface area contributed by atoms with Crippen molar-refractivity contribution in [3.63, 3.8) is 0 Å². The maximum absolute atomic E-state index is 12.1. The molecule has 0 aliphatic heterocycles. The van der Waals surface area contributed by atoms with Crippen molar-refractivity contribution in [1.82, 2.24) is 15.1 Å². The summed E-state index contributed by atoms with van der Waals surface area (Å²) in [5, 5.41) is 7.29. The smallest absolute Gasteiger partial charge is 0.270 e. The van der Waals surface area contributed by atoms with E-state index in [1.807, 2.05) is 67.6 Å². The van der Waals surface area contributed by atoms with Crippen LogP contribution in [0.15, 0.2) is 71.3 Å². The Hall–Kier alpha value is -3.58. The zero-order valence-corrected chi connectivity index (χ0v) is 15.8. The van der Waals surface area contributed by atoms with E-state index in [0.29, 0.717) is 16.8 Å². The van der Waals surface area contributed by atoms with E-state index in [9.17, 15) is 4.79 Å². The van der Waals surface area contributed by atoms with Gasteiger partial charge in [0.1, 0.15) is 4.88 Å². The van der Waals surface area contributed by atoms with E-state index >= 15 is 0 Å². The molecule has 1 N–H and O–H groups in total. The molecule has 1 amide bonds. The second-order valence-corrected chi connectivity index (χ2v) is 6.96. The van der Waals surface area contributed by atoms with Crippen LogP contribution in [0.2, 0.25) is 0 Å². The lowest BCUT2D eigenvalue weighted by Crippen LogP contribution is -2.07. The second-order valence-electron chi connectivity index (χ2n) is 5.96. The largest absolute Gasteiger partial charge is 0.333 e. The highest BCUT2D eigenvalue weighted by Crippen LogP contribution is 2.32. The third-order valence-electron chi connectivity index (χ3n) is 3.91. The van der Waals surface area contributed by atoms with Crippen LogP contribution in [0.1, 0.15) is 11.3 Å². The zero-order chi connectivity index (χ0) is 19.3. The molecule has 6 nitrogen and oxygen atoms in total. The van der Waals surface area contributed by atoms with Crippen molar-refractivity contribution >= 4 is 28.5 Å². The average molecular weight is 388 g/mol. The first-order valence-electron chi connectivity index (χ1n) is 8.60. The number of hydrogen-bond donors (Lipinski definition) is 1. The van der Waals surface area contributed by atoms with E-state index in [4.69, 9.17) is 4.52 Å². The Morgan fingerprint density at radius 2 is 1.75 bits per heavy atom. The molecule has 0 saturated carbocycles. The van der Waals surface area contributed by atoms with Crippen LogP contribution in [-0.4, -0.2) is 21.0 Å². The van der Waals surface area contributed by atoms with Crippen molar-refractivity contribution in [2.75, 3.05) is 5.32 Å². The number of rotatable bonds is 5. The quantitative estimate of drug-likeness (QED) is 0.496. The molecule has 4 rings (SSSR count). The van der Waals surface area contributed by atoms with Gasteiger partial charge in [-0.3, -0.25) is 10.1 Å². The maximum atomic E-state index is 12.1. The number of thiazole rings is 1. The lowest BCUT2D eigenvalue weighted by molar-refractivity contribution is -0.111. The Morgan fingerprint density at radius 3 is 2.50 bits per heavy atom. The Bertz CT molecular complexity index is 1120. The maximum Gasteiger partial charge on any atom is 0.270 e. The normalized spacial score (nSPS) is 11.0. The van der Waals surface area contributed by atoms with Gasteiger partial charge in [0, 0.05) is 11.6 Å². The Kier molecular flexibility index (Phi) is 5.07. The number of nitrogens with one attached hydrogen (secondary N) is 1. The molecule has 2 heterocycles. The highest BCUT2D eigenvalue weighted by molar-refractivity contribution is 7.19. The Balaban J connectivity index is 1.49. The average Bonchev–Trinajstić information content (AvgIpc) is 3.34. The number of carbonyl (C=O) groups is 1. The minimum Gasteiger partial charge on any atom is -0.333 e. The van der Waals surface area contributed by atoms with Crippen LogP contribution in [0.3, 0.4) is 0 Å². The van der Waals surface area contributed by atoms with Gasteiger partial charge in [-0.2, -0.15) is 4.98 Å². The van der Waals surface area contributed by atoms with E-state index in [1.54, 1.807) is 6.08 Å². The van der Waals surface area contributed by atoms with Crippen molar-refractivity contribution < 1.29 is 9.32 Å². The van der Waals surface area contributed by atoms with E-state index in [-0.39, 0.29) is 5.91 Å². The molecule has 0 aliphatic rings. The summed E-state index contributed by atoms with van der Waals surface area (Å²) >= 11 is 1.30. The van der Waals surface area contributed by atoms with E-state index < -0.39 is 0 Å². The summed E-state index contributed by atoms with van der Waals surface area (Å²) in [4.78, 5) is 21.7. The van der Waals surface area contributed by atoms with Gasteiger partial charge in [-0.05, 0) is 18.6 Å². The molecule has 28 heavy (non-hydrogen) atoms. The molecule has 0 spiro atoms. The first-order chi connectivity index (χ1) is 13.7. The number of benzene rings is 2. The van der Waals surface area contributed by atoms with E-state index in [1.165, 1.54) is 17.4 Å². The standard InChI is InChI=1S/C21H16N4O2S/c1-14-18(20-24-19(25-27-20)16-10-6-3-7-11-16)28-21(22-14)23-17(26)13-12-15-8-4-2-5-9-15/h2-13H,1H3,(H,22,23,26). The topological polar surface area (TPSA) is 80.9 Å². The molecule has 2 aromatic heterocycles. The lowest BCUT2D eigenvalue weighted by Gasteiger charge is -1.95. The number of amides is 1. The number of carbonyl (C=O) groups excluding carboxylic acids is 1. The Morgan fingerprint density at radius 1 is 1.04 bits per heavy atom. The van der Waals surface area contributed by atoms with Crippen LogP contribution in [0, 0.1) is 6.92 Å². The Labute approximate surface area is 165 Å². The molecule has 0 aliphatic carbocycles. The van der Waals surface area contributed by atoms with Gasteiger partial charge in [0.25, 0.3) is 5.89 Å². The molecule has 0 radical (unpaired) electrons. The zero-order valence-electron chi connectivity index (χ0n) is 15.0. The van der Waals surface area contributed by atoms with Crippen LogP contribution < -0.4 is 5.32 Å². The highest BCUT2D eigenvalue weighted by atomic mass is 32.1. The van der Waals surface area contributed by atoms with Gasteiger partial charge in [0.05, 0.1) is 5.69 Å². The minimum atomic E-state index is -0.250. The van der Waals surface area contributed by atoms with E-state index in [0.717, 1.165) is 21.7 Å². The molecule has 0 unspecified atom stereocenters. The predicted molar refractivity (Wildman–Crippen MR) is 110 cm³/mol. The molecule has 0 fully saturated rings. The predicted octanol–water partition coefficient (Wildman–Crippen LogP) is 4.82. The van der Waals surface area contributed by atoms with Crippen molar-refractivity contribution in [1.29, 1.82) is 0 Å². The molecule has 2 aromatic carbocycles. The van der Waals surface area contributed by atoms with Gasteiger partial charge in [0.15, 0.2) is 5.13 Å². The summed E-state index contributed by atoms with van der Waals surface area (Å²) in [6, 6.07) is 19.2.